The van der Waals surface area contributed by atoms with Crippen molar-refractivity contribution in [1.29, 1.82) is 0 Å². The summed E-state index contributed by atoms with van der Waals surface area (Å²) in [5.41, 5.74) is 6.40. The van der Waals surface area contributed by atoms with Gasteiger partial charge in [0.05, 0.1) is 0 Å². The fraction of sp³-hybridized carbons (Fsp3) is 1.00. The van der Waals surface area contributed by atoms with Crippen LogP contribution in [0.1, 0.15) is 25.7 Å². The maximum atomic E-state index is 6.17. The van der Waals surface area contributed by atoms with Gasteiger partial charge in [0, 0.05) is 5.54 Å². The Labute approximate surface area is 62.4 Å². The van der Waals surface area contributed by atoms with Gasteiger partial charge in [0.2, 0.25) is 0 Å². The molecule has 0 aliphatic carbocycles. The third-order valence-electron chi connectivity index (χ3n) is 3.00. The zero-order valence-electron chi connectivity index (χ0n) is 6.47. The summed E-state index contributed by atoms with van der Waals surface area (Å²) >= 11 is 0. The molecule has 2 heteroatoms. The van der Waals surface area contributed by atoms with Crippen LogP contribution in [0, 0.1) is 0 Å². The lowest BCUT2D eigenvalue weighted by atomic mass is 9.87. The van der Waals surface area contributed by atoms with Crippen molar-refractivity contribution in [3.63, 3.8) is 0 Å². The third kappa shape index (κ3) is 1.06. The number of nitrogens with two attached hydrogens (primary N) is 1. The second-order valence-electron chi connectivity index (χ2n) is 3.81. The van der Waals surface area contributed by atoms with Crippen LogP contribution >= 0.6 is 0 Å². The monoisotopic (exact) mass is 140 g/mol. The van der Waals surface area contributed by atoms with Crippen LogP contribution < -0.4 is 5.73 Å². The predicted octanol–water partition coefficient (Wildman–Crippen LogP) is 0.573. The molecule has 0 atom stereocenters. The third-order valence-corrected chi connectivity index (χ3v) is 3.00. The lowest BCUT2D eigenvalue weighted by Crippen LogP contribution is -2.47. The first-order valence-corrected chi connectivity index (χ1v) is 4.30. The maximum absolute atomic E-state index is 6.17. The lowest BCUT2D eigenvalue weighted by Gasteiger charge is -2.34. The fourth-order valence-electron chi connectivity index (χ4n) is 2.13. The van der Waals surface area contributed by atoms with Crippen LogP contribution in [0.3, 0.4) is 0 Å². The number of piperidine rings is 1. The number of hydrogen-bond donors (Lipinski definition) is 1. The molecule has 0 unspecified atom stereocenters. The summed E-state index contributed by atoms with van der Waals surface area (Å²) in [6.07, 6.45) is 5.03. The fourth-order valence-corrected chi connectivity index (χ4v) is 2.13. The minimum Gasteiger partial charge on any atom is -0.325 e. The Morgan fingerprint density at radius 2 is 1.70 bits per heavy atom. The first kappa shape index (κ1) is 6.62. The number of hydrogen-bond acceptors (Lipinski definition) is 2. The van der Waals surface area contributed by atoms with Crippen molar-refractivity contribution in [1.82, 2.24) is 4.90 Å². The smallest absolute Gasteiger partial charge is 0.0179 e. The molecule has 0 amide bonds. The Morgan fingerprint density at radius 1 is 1.00 bits per heavy atom. The highest BCUT2D eigenvalue weighted by atomic mass is 15.1. The highest BCUT2D eigenvalue weighted by Crippen LogP contribution is 2.28. The Morgan fingerprint density at radius 3 is 2.40 bits per heavy atom. The molecule has 2 nitrogen and oxygen atoms in total. The van der Waals surface area contributed by atoms with Gasteiger partial charge in [0.1, 0.15) is 0 Å². The molecule has 3 aliphatic rings. The molecule has 58 valence electrons. The summed E-state index contributed by atoms with van der Waals surface area (Å²) in [5, 5.41) is 0. The Balaban J connectivity index is 2.11. The maximum Gasteiger partial charge on any atom is 0.0179 e. The van der Waals surface area contributed by atoms with E-state index in [1.807, 2.05) is 0 Å². The van der Waals surface area contributed by atoms with Gasteiger partial charge in [-0.2, -0.15) is 0 Å². The summed E-state index contributed by atoms with van der Waals surface area (Å²) in [4.78, 5) is 2.54. The van der Waals surface area contributed by atoms with Crippen LogP contribution in [-0.4, -0.2) is 30.1 Å². The second-order valence-corrected chi connectivity index (χ2v) is 3.81. The van der Waals surface area contributed by atoms with Crippen molar-refractivity contribution in [2.75, 3.05) is 19.6 Å². The van der Waals surface area contributed by atoms with Crippen LogP contribution in [-0.2, 0) is 0 Å². The molecule has 0 aromatic carbocycles. The highest BCUT2D eigenvalue weighted by Gasteiger charge is 2.32. The van der Waals surface area contributed by atoms with Gasteiger partial charge in [-0.3, -0.25) is 0 Å². The number of rotatable bonds is 0. The normalized spacial score (nSPS) is 47.1. The Kier molecular flexibility index (Phi) is 1.46. The molecule has 0 saturated carbocycles. The summed E-state index contributed by atoms with van der Waals surface area (Å²) in [6, 6.07) is 0. The minimum atomic E-state index is 0.229. The summed E-state index contributed by atoms with van der Waals surface area (Å²) in [5.74, 6) is 0. The minimum absolute atomic E-state index is 0.229. The lowest BCUT2D eigenvalue weighted by molar-refractivity contribution is 0.202. The molecular weight excluding hydrogens is 124 g/mol. The van der Waals surface area contributed by atoms with Crippen LogP contribution in [0.15, 0.2) is 0 Å². The first-order valence-electron chi connectivity index (χ1n) is 4.30. The molecule has 0 aromatic heterocycles. The molecular formula is C8H16N2. The van der Waals surface area contributed by atoms with E-state index in [-0.39, 0.29) is 5.54 Å². The van der Waals surface area contributed by atoms with Crippen LogP contribution in [0.2, 0.25) is 0 Å². The van der Waals surface area contributed by atoms with Crippen molar-refractivity contribution in [3.8, 4) is 0 Å². The van der Waals surface area contributed by atoms with Gasteiger partial charge in [-0.1, -0.05) is 0 Å². The second kappa shape index (κ2) is 2.21. The van der Waals surface area contributed by atoms with E-state index in [4.69, 9.17) is 5.73 Å². The van der Waals surface area contributed by atoms with Gasteiger partial charge in [0.15, 0.2) is 0 Å². The van der Waals surface area contributed by atoms with Crippen LogP contribution in [0.25, 0.3) is 0 Å². The van der Waals surface area contributed by atoms with Gasteiger partial charge < -0.3 is 10.6 Å². The highest BCUT2D eigenvalue weighted by molar-refractivity contribution is 4.93. The van der Waals surface area contributed by atoms with E-state index in [1.54, 1.807) is 0 Å². The largest absolute Gasteiger partial charge is 0.325 e. The molecule has 3 fully saturated rings. The topological polar surface area (TPSA) is 29.3 Å². The van der Waals surface area contributed by atoms with Crippen molar-refractivity contribution in [2.45, 2.75) is 31.2 Å². The van der Waals surface area contributed by atoms with Crippen LogP contribution in [0.4, 0.5) is 0 Å². The van der Waals surface area contributed by atoms with Crippen molar-refractivity contribution in [2.24, 2.45) is 5.73 Å². The van der Waals surface area contributed by atoms with E-state index in [1.165, 1.54) is 45.3 Å². The van der Waals surface area contributed by atoms with Crippen molar-refractivity contribution in [3.05, 3.63) is 0 Å². The standard InChI is InChI=1S/C8H16N2/c9-8-2-1-5-10(6-3-8)7-4-8/h1-7,9H2. The van der Waals surface area contributed by atoms with Gasteiger partial charge in [-0.05, 0) is 45.3 Å². The molecule has 2 bridgehead atoms. The molecule has 3 rings (SSSR count). The van der Waals surface area contributed by atoms with E-state index in [9.17, 15) is 0 Å². The summed E-state index contributed by atoms with van der Waals surface area (Å²) < 4.78 is 0. The molecule has 3 aliphatic heterocycles. The van der Waals surface area contributed by atoms with Crippen molar-refractivity contribution >= 4 is 0 Å². The average Bonchev–Trinajstić information content (AvgIpc) is 2.19. The van der Waals surface area contributed by atoms with E-state index < -0.39 is 0 Å². The number of nitrogens with zero attached hydrogens (tertiary/aromatic N) is 1. The summed E-state index contributed by atoms with van der Waals surface area (Å²) in [7, 11) is 0. The zero-order chi connectivity index (χ0) is 7.03. The molecule has 0 spiro atoms. The van der Waals surface area contributed by atoms with Gasteiger partial charge in [-0.25, -0.2) is 0 Å². The van der Waals surface area contributed by atoms with E-state index in [0.717, 1.165) is 0 Å². The van der Waals surface area contributed by atoms with E-state index in [2.05, 4.69) is 4.90 Å². The zero-order valence-corrected chi connectivity index (χ0v) is 6.47. The van der Waals surface area contributed by atoms with Gasteiger partial charge >= 0.3 is 0 Å². The molecule has 3 heterocycles. The van der Waals surface area contributed by atoms with Gasteiger partial charge in [0.25, 0.3) is 0 Å². The first-order chi connectivity index (χ1) is 4.79. The molecule has 0 aromatic rings. The van der Waals surface area contributed by atoms with Crippen molar-refractivity contribution < 1.29 is 0 Å². The Bertz CT molecular complexity index is 120. The molecule has 2 N–H and O–H groups in total. The summed E-state index contributed by atoms with van der Waals surface area (Å²) in [6.45, 7) is 3.78. The molecule has 10 heavy (non-hydrogen) atoms. The Hall–Kier alpha value is -0.0800. The molecule has 0 radical (unpaired) electrons. The van der Waals surface area contributed by atoms with Crippen LogP contribution in [0.5, 0.6) is 0 Å². The van der Waals surface area contributed by atoms with E-state index >= 15 is 0 Å². The quantitative estimate of drug-likeness (QED) is 0.533. The van der Waals surface area contributed by atoms with E-state index in [0.29, 0.717) is 0 Å². The number of fused-ring (bicyclic) bond motifs is 4. The van der Waals surface area contributed by atoms with Gasteiger partial charge in [-0.15, -0.1) is 0 Å². The predicted molar refractivity (Wildman–Crippen MR) is 41.8 cm³/mol. The molecule has 3 saturated heterocycles. The average molecular weight is 140 g/mol. The SMILES string of the molecule is NC12CCCN(CC1)CC2.